The molecule has 0 bridgehead atoms. The predicted molar refractivity (Wildman–Crippen MR) is 68.0 cm³/mol. The number of hydrogen-bond acceptors (Lipinski definition) is 3. The van der Waals surface area contributed by atoms with Gasteiger partial charge < -0.3 is 0 Å². The molecule has 0 spiro atoms. The van der Waals surface area contributed by atoms with E-state index in [2.05, 4.69) is 17.2 Å². The van der Waals surface area contributed by atoms with Crippen LogP contribution >= 0.6 is 24.0 Å². The maximum atomic E-state index is 5.24. The lowest BCUT2D eigenvalue weighted by Crippen LogP contribution is -2.05. The lowest BCUT2D eigenvalue weighted by molar-refractivity contribution is 0.964. The first-order valence-electron chi connectivity index (χ1n) is 4.57. The minimum Gasteiger partial charge on any atom is -0.224 e. The van der Waals surface area contributed by atoms with Gasteiger partial charge in [0.05, 0.1) is 0 Å². The fourth-order valence-electron chi connectivity index (χ4n) is 1.16. The summed E-state index contributed by atoms with van der Waals surface area (Å²) in [4.78, 5) is 0. The molecular weight excluding hydrogens is 224 g/mol. The molecule has 1 aromatic heterocycles. The van der Waals surface area contributed by atoms with E-state index in [1.165, 1.54) is 5.56 Å². The first-order valence-corrected chi connectivity index (χ1v) is 5.96. The van der Waals surface area contributed by atoms with E-state index in [1.54, 1.807) is 22.6 Å². The van der Waals surface area contributed by atoms with Gasteiger partial charge in [-0.05, 0) is 11.6 Å². The Morgan fingerprint density at radius 3 is 2.73 bits per heavy atom. The van der Waals surface area contributed by atoms with E-state index in [-0.39, 0.29) is 0 Å². The molecule has 0 N–H and O–H groups in total. The summed E-state index contributed by atoms with van der Waals surface area (Å²) < 4.78 is 2.49. The van der Waals surface area contributed by atoms with E-state index in [4.69, 9.17) is 12.2 Å². The van der Waals surface area contributed by atoms with Crippen LogP contribution in [0.3, 0.4) is 0 Å². The Morgan fingerprint density at radius 1 is 1.27 bits per heavy atom. The molecule has 0 aliphatic heterocycles. The van der Waals surface area contributed by atoms with Gasteiger partial charge in [0.25, 0.3) is 0 Å². The van der Waals surface area contributed by atoms with Gasteiger partial charge in [-0.1, -0.05) is 54.3 Å². The van der Waals surface area contributed by atoms with E-state index in [0.29, 0.717) is 0 Å². The average Bonchev–Trinajstić information content (AvgIpc) is 2.81. The van der Waals surface area contributed by atoms with E-state index in [9.17, 15) is 0 Å². The van der Waals surface area contributed by atoms with Crippen molar-refractivity contribution >= 4 is 28.3 Å². The smallest absolute Gasteiger partial charge is 0.161 e. The van der Waals surface area contributed by atoms with Crippen molar-refractivity contribution in [1.82, 2.24) is 9.78 Å². The van der Waals surface area contributed by atoms with Crippen LogP contribution in [-0.4, -0.2) is 14.1 Å². The summed E-state index contributed by atoms with van der Waals surface area (Å²) in [7, 11) is 0. The molecule has 1 heterocycles. The minimum atomic E-state index is 0.781. The fraction of sp³-hybridized carbons (Fsp3) is 0.0909. The second-order valence-corrected chi connectivity index (χ2v) is 4.60. The molecule has 0 radical (unpaired) electrons. The van der Waals surface area contributed by atoms with Gasteiger partial charge in [0.1, 0.15) is 0 Å². The molecule has 4 heteroatoms. The van der Waals surface area contributed by atoms with Crippen molar-refractivity contribution in [1.29, 1.82) is 0 Å². The largest absolute Gasteiger partial charge is 0.224 e. The number of thioether (sulfide) groups is 1. The zero-order valence-electron chi connectivity index (χ0n) is 8.04. The van der Waals surface area contributed by atoms with Crippen molar-refractivity contribution in [3.05, 3.63) is 54.4 Å². The topological polar surface area (TPSA) is 17.8 Å². The van der Waals surface area contributed by atoms with Gasteiger partial charge in [0, 0.05) is 18.1 Å². The molecule has 0 saturated heterocycles. The highest BCUT2D eigenvalue weighted by atomic mass is 32.2. The summed E-state index contributed by atoms with van der Waals surface area (Å²) in [5.74, 6) is 0.888. The van der Waals surface area contributed by atoms with Crippen molar-refractivity contribution in [3.8, 4) is 0 Å². The first kappa shape index (κ1) is 10.4. The Labute approximate surface area is 98.3 Å². The Morgan fingerprint density at radius 2 is 2.07 bits per heavy atom. The molecule has 2 nitrogen and oxygen atoms in total. The zero-order valence-corrected chi connectivity index (χ0v) is 9.67. The van der Waals surface area contributed by atoms with Crippen molar-refractivity contribution in [2.45, 2.75) is 5.75 Å². The number of thiocarbonyl (C=S) groups is 1. The monoisotopic (exact) mass is 234 g/mol. The van der Waals surface area contributed by atoms with Crippen molar-refractivity contribution < 1.29 is 0 Å². The molecule has 2 aromatic rings. The van der Waals surface area contributed by atoms with Crippen LogP contribution in [-0.2, 0) is 5.75 Å². The third-order valence-corrected chi connectivity index (χ3v) is 3.35. The van der Waals surface area contributed by atoms with Crippen LogP contribution in [0.5, 0.6) is 0 Å². The molecule has 0 saturated carbocycles. The van der Waals surface area contributed by atoms with Gasteiger partial charge >= 0.3 is 0 Å². The molecule has 0 atom stereocenters. The number of rotatable bonds is 2. The molecule has 0 aliphatic carbocycles. The number of hydrogen-bond donors (Lipinski definition) is 0. The van der Waals surface area contributed by atoms with Crippen molar-refractivity contribution in [3.63, 3.8) is 0 Å². The van der Waals surface area contributed by atoms with E-state index < -0.39 is 0 Å². The number of nitrogens with zero attached hydrogens (tertiary/aromatic N) is 2. The summed E-state index contributed by atoms with van der Waals surface area (Å²) in [5.41, 5.74) is 1.28. The van der Waals surface area contributed by atoms with Gasteiger partial charge in [-0.3, -0.25) is 0 Å². The highest BCUT2D eigenvalue weighted by molar-refractivity contribution is 8.22. The molecule has 2 rings (SSSR count). The highest BCUT2D eigenvalue weighted by Crippen LogP contribution is 2.14. The lowest BCUT2D eigenvalue weighted by Gasteiger charge is -2.03. The number of aromatic nitrogens is 2. The predicted octanol–water partition coefficient (Wildman–Crippen LogP) is 2.95. The van der Waals surface area contributed by atoms with Crippen LogP contribution in [0.1, 0.15) is 5.56 Å². The summed E-state index contributed by atoms with van der Waals surface area (Å²) in [6, 6.07) is 12.1. The summed E-state index contributed by atoms with van der Waals surface area (Å²) in [5, 5.41) is 4.08. The van der Waals surface area contributed by atoms with Gasteiger partial charge in [0.2, 0.25) is 0 Å². The molecule has 0 aliphatic rings. The second-order valence-electron chi connectivity index (χ2n) is 2.99. The maximum absolute atomic E-state index is 5.24. The average molecular weight is 234 g/mol. The molecule has 15 heavy (non-hydrogen) atoms. The maximum Gasteiger partial charge on any atom is 0.161 e. The second kappa shape index (κ2) is 5.09. The van der Waals surface area contributed by atoms with Crippen LogP contribution in [0.25, 0.3) is 0 Å². The van der Waals surface area contributed by atoms with Crippen LogP contribution in [0.15, 0.2) is 48.8 Å². The standard InChI is InChI=1S/C11H10N2S2/c14-11(13-8-4-7-12-13)15-9-10-5-2-1-3-6-10/h1-8H,9H2. The van der Waals surface area contributed by atoms with E-state index in [0.717, 1.165) is 10.1 Å². The van der Waals surface area contributed by atoms with Crippen LogP contribution in [0.2, 0.25) is 0 Å². The summed E-state index contributed by atoms with van der Waals surface area (Å²) in [6.45, 7) is 0. The van der Waals surface area contributed by atoms with Gasteiger partial charge in [-0.25, -0.2) is 4.68 Å². The van der Waals surface area contributed by atoms with E-state index in [1.807, 2.05) is 30.5 Å². The van der Waals surface area contributed by atoms with Crippen LogP contribution in [0, 0.1) is 0 Å². The molecular formula is C11H10N2S2. The van der Waals surface area contributed by atoms with E-state index >= 15 is 0 Å². The van der Waals surface area contributed by atoms with Crippen molar-refractivity contribution in [2.24, 2.45) is 0 Å². The fourth-order valence-corrected chi connectivity index (χ4v) is 2.17. The molecule has 76 valence electrons. The van der Waals surface area contributed by atoms with Crippen LogP contribution < -0.4 is 0 Å². The Balaban J connectivity index is 1.92. The van der Waals surface area contributed by atoms with Crippen LogP contribution in [0.4, 0.5) is 0 Å². The Bertz CT molecular complexity index is 423. The summed E-state index contributed by atoms with van der Waals surface area (Å²) in [6.07, 6.45) is 3.59. The van der Waals surface area contributed by atoms with Crippen molar-refractivity contribution in [2.75, 3.05) is 0 Å². The lowest BCUT2D eigenvalue weighted by atomic mass is 10.2. The SMILES string of the molecule is S=C(SCc1ccccc1)n1cccn1. The van der Waals surface area contributed by atoms with Gasteiger partial charge in [-0.2, -0.15) is 5.10 Å². The Kier molecular flexibility index (Phi) is 3.53. The molecule has 0 unspecified atom stereocenters. The molecule has 0 fully saturated rings. The zero-order chi connectivity index (χ0) is 10.5. The third-order valence-electron chi connectivity index (χ3n) is 1.90. The first-order chi connectivity index (χ1) is 7.36. The normalized spacial score (nSPS) is 10.1. The molecule has 0 amide bonds. The van der Waals surface area contributed by atoms with Gasteiger partial charge in [-0.15, -0.1) is 0 Å². The molecule has 1 aromatic carbocycles. The number of benzene rings is 1. The minimum absolute atomic E-state index is 0.781. The Hall–Kier alpha value is -1.13. The highest BCUT2D eigenvalue weighted by Gasteiger charge is 2.00. The third kappa shape index (κ3) is 2.91. The summed E-state index contributed by atoms with van der Waals surface area (Å²) >= 11 is 6.86. The van der Waals surface area contributed by atoms with Gasteiger partial charge in [0.15, 0.2) is 4.32 Å². The quantitative estimate of drug-likeness (QED) is 0.744.